The number of hydrogen-bond donors (Lipinski definition) is 2. The highest BCUT2D eigenvalue weighted by Gasteiger charge is 1.98. The van der Waals surface area contributed by atoms with Gasteiger partial charge in [-0.05, 0) is 37.6 Å². The van der Waals surface area contributed by atoms with Crippen molar-refractivity contribution < 1.29 is 4.74 Å². The Bertz CT molecular complexity index is 595. The Kier molecular flexibility index (Phi) is 8.74. The van der Waals surface area contributed by atoms with Crippen molar-refractivity contribution in [3.05, 3.63) is 54.1 Å². The number of nitrogens with one attached hydrogen (secondary N) is 2. The zero-order valence-corrected chi connectivity index (χ0v) is 15.7. The molecule has 0 spiro atoms. The maximum atomic E-state index is 5.86. The van der Waals surface area contributed by atoms with Crippen LogP contribution in [0.5, 0.6) is 5.75 Å². The minimum atomic E-state index is 0.808. The molecule has 0 saturated heterocycles. The molecule has 0 radical (unpaired) electrons. The van der Waals surface area contributed by atoms with E-state index in [1.54, 1.807) is 0 Å². The fourth-order valence-corrected chi connectivity index (χ4v) is 2.68. The van der Waals surface area contributed by atoms with Crippen molar-refractivity contribution in [2.75, 3.05) is 30.3 Å². The Balaban J connectivity index is 1.64. The van der Waals surface area contributed by atoms with Gasteiger partial charge in [0, 0.05) is 30.5 Å². The molecule has 2 rings (SSSR count). The van der Waals surface area contributed by atoms with Crippen LogP contribution in [-0.2, 0) is 0 Å². The van der Waals surface area contributed by atoms with Gasteiger partial charge in [0.25, 0.3) is 0 Å². The minimum Gasteiger partial charge on any atom is -0.494 e. The summed E-state index contributed by atoms with van der Waals surface area (Å²) in [7, 11) is 0. The number of rotatable bonds is 12. The SMILES string of the molecule is CCCCCCCOc1cccc(NCCNc2ccc(C)cc2)c1. The van der Waals surface area contributed by atoms with E-state index in [1.807, 2.05) is 12.1 Å². The van der Waals surface area contributed by atoms with Crippen LogP contribution in [0.15, 0.2) is 48.5 Å². The summed E-state index contributed by atoms with van der Waals surface area (Å²) in [6.07, 6.45) is 6.33. The smallest absolute Gasteiger partial charge is 0.121 e. The van der Waals surface area contributed by atoms with Crippen molar-refractivity contribution in [2.24, 2.45) is 0 Å². The molecule has 0 aliphatic heterocycles. The molecular weight excluding hydrogens is 308 g/mol. The number of benzene rings is 2. The molecule has 0 heterocycles. The molecule has 0 fully saturated rings. The molecule has 0 aliphatic rings. The van der Waals surface area contributed by atoms with Gasteiger partial charge in [0.1, 0.15) is 5.75 Å². The minimum absolute atomic E-state index is 0.808. The summed E-state index contributed by atoms with van der Waals surface area (Å²) >= 11 is 0. The number of anilines is 2. The standard InChI is InChI=1S/C22H32N2O/c1-3-4-5-6-7-17-25-22-10-8-9-21(18-22)24-16-15-23-20-13-11-19(2)12-14-20/h8-14,18,23-24H,3-7,15-17H2,1-2H3. The lowest BCUT2D eigenvalue weighted by Gasteiger charge is -2.11. The van der Waals surface area contributed by atoms with Gasteiger partial charge in [0.05, 0.1) is 6.61 Å². The van der Waals surface area contributed by atoms with E-state index in [9.17, 15) is 0 Å². The van der Waals surface area contributed by atoms with Crippen LogP contribution in [0.2, 0.25) is 0 Å². The van der Waals surface area contributed by atoms with E-state index in [2.05, 4.69) is 60.9 Å². The van der Waals surface area contributed by atoms with E-state index >= 15 is 0 Å². The molecule has 3 nitrogen and oxygen atoms in total. The first-order valence-electron chi connectivity index (χ1n) is 9.55. The predicted molar refractivity (Wildman–Crippen MR) is 109 cm³/mol. The van der Waals surface area contributed by atoms with E-state index in [4.69, 9.17) is 4.74 Å². The van der Waals surface area contributed by atoms with E-state index in [0.717, 1.165) is 43.2 Å². The van der Waals surface area contributed by atoms with Crippen LogP contribution < -0.4 is 15.4 Å². The lowest BCUT2D eigenvalue weighted by atomic mass is 10.2. The summed E-state index contributed by atoms with van der Waals surface area (Å²) in [6.45, 7) is 6.90. The van der Waals surface area contributed by atoms with Crippen molar-refractivity contribution in [3.63, 3.8) is 0 Å². The molecule has 0 unspecified atom stereocenters. The molecule has 2 aromatic rings. The maximum absolute atomic E-state index is 5.86. The lowest BCUT2D eigenvalue weighted by molar-refractivity contribution is 0.304. The number of ether oxygens (including phenoxy) is 1. The molecule has 25 heavy (non-hydrogen) atoms. The lowest BCUT2D eigenvalue weighted by Crippen LogP contribution is -2.13. The van der Waals surface area contributed by atoms with Gasteiger partial charge in [-0.1, -0.05) is 56.4 Å². The largest absolute Gasteiger partial charge is 0.494 e. The molecule has 0 bridgehead atoms. The van der Waals surface area contributed by atoms with Gasteiger partial charge in [-0.2, -0.15) is 0 Å². The van der Waals surface area contributed by atoms with Gasteiger partial charge in [-0.25, -0.2) is 0 Å². The first kappa shape index (κ1) is 19.2. The van der Waals surface area contributed by atoms with Crippen LogP contribution in [0, 0.1) is 6.92 Å². The van der Waals surface area contributed by atoms with Gasteiger partial charge < -0.3 is 15.4 Å². The number of unbranched alkanes of at least 4 members (excludes halogenated alkanes) is 4. The molecule has 0 aromatic heterocycles. The highest BCUT2D eigenvalue weighted by molar-refractivity contribution is 5.49. The average molecular weight is 341 g/mol. The van der Waals surface area contributed by atoms with Crippen LogP contribution in [-0.4, -0.2) is 19.7 Å². The van der Waals surface area contributed by atoms with E-state index in [1.165, 1.54) is 31.2 Å². The average Bonchev–Trinajstić information content (AvgIpc) is 2.63. The van der Waals surface area contributed by atoms with E-state index < -0.39 is 0 Å². The van der Waals surface area contributed by atoms with Crippen molar-refractivity contribution in [2.45, 2.75) is 46.0 Å². The Morgan fingerprint density at radius 2 is 1.52 bits per heavy atom. The molecule has 0 saturated carbocycles. The third kappa shape index (κ3) is 7.97. The highest BCUT2D eigenvalue weighted by atomic mass is 16.5. The second-order valence-corrected chi connectivity index (χ2v) is 6.51. The molecule has 2 N–H and O–H groups in total. The quantitative estimate of drug-likeness (QED) is 0.474. The Labute approximate surface area is 152 Å². The Hall–Kier alpha value is -2.16. The zero-order chi connectivity index (χ0) is 17.7. The third-order valence-electron chi connectivity index (χ3n) is 4.19. The van der Waals surface area contributed by atoms with Gasteiger partial charge in [-0.3, -0.25) is 0 Å². The van der Waals surface area contributed by atoms with Crippen LogP contribution in [0.4, 0.5) is 11.4 Å². The first-order chi connectivity index (χ1) is 12.3. The fourth-order valence-electron chi connectivity index (χ4n) is 2.68. The monoisotopic (exact) mass is 340 g/mol. The topological polar surface area (TPSA) is 33.3 Å². The normalized spacial score (nSPS) is 10.5. The van der Waals surface area contributed by atoms with Crippen molar-refractivity contribution in [3.8, 4) is 5.75 Å². The van der Waals surface area contributed by atoms with Crippen LogP contribution >= 0.6 is 0 Å². The summed E-state index contributed by atoms with van der Waals surface area (Å²) in [5.41, 5.74) is 3.55. The van der Waals surface area contributed by atoms with Gasteiger partial charge in [0.2, 0.25) is 0 Å². The Morgan fingerprint density at radius 1 is 0.800 bits per heavy atom. The van der Waals surface area contributed by atoms with E-state index in [0.29, 0.717) is 0 Å². The van der Waals surface area contributed by atoms with Crippen LogP contribution in [0.1, 0.15) is 44.6 Å². The second kappa shape index (κ2) is 11.4. The summed E-state index contributed by atoms with van der Waals surface area (Å²) in [5.74, 6) is 0.951. The number of hydrogen-bond acceptors (Lipinski definition) is 3. The second-order valence-electron chi connectivity index (χ2n) is 6.51. The summed E-state index contributed by atoms with van der Waals surface area (Å²) in [4.78, 5) is 0. The van der Waals surface area contributed by atoms with Crippen molar-refractivity contribution in [1.29, 1.82) is 0 Å². The summed E-state index contributed by atoms with van der Waals surface area (Å²) in [6, 6.07) is 16.7. The number of aryl methyl sites for hydroxylation is 1. The molecular formula is C22H32N2O. The molecule has 0 aliphatic carbocycles. The predicted octanol–water partition coefficient (Wildman–Crippen LogP) is 5.87. The van der Waals surface area contributed by atoms with Crippen LogP contribution in [0.3, 0.4) is 0 Å². The van der Waals surface area contributed by atoms with E-state index in [-0.39, 0.29) is 0 Å². The molecule has 2 aromatic carbocycles. The zero-order valence-electron chi connectivity index (χ0n) is 15.7. The van der Waals surface area contributed by atoms with Crippen molar-refractivity contribution in [1.82, 2.24) is 0 Å². The summed E-state index contributed by atoms with van der Waals surface area (Å²) < 4.78 is 5.86. The summed E-state index contributed by atoms with van der Waals surface area (Å²) in [5, 5.41) is 6.86. The third-order valence-corrected chi connectivity index (χ3v) is 4.19. The van der Waals surface area contributed by atoms with Gasteiger partial charge >= 0.3 is 0 Å². The molecule has 136 valence electrons. The van der Waals surface area contributed by atoms with Crippen LogP contribution in [0.25, 0.3) is 0 Å². The molecule has 0 amide bonds. The molecule has 3 heteroatoms. The fraction of sp³-hybridized carbons (Fsp3) is 0.455. The first-order valence-corrected chi connectivity index (χ1v) is 9.55. The molecule has 0 atom stereocenters. The van der Waals surface area contributed by atoms with Gasteiger partial charge in [0.15, 0.2) is 0 Å². The van der Waals surface area contributed by atoms with Crippen molar-refractivity contribution >= 4 is 11.4 Å². The highest BCUT2D eigenvalue weighted by Crippen LogP contribution is 2.18. The Morgan fingerprint density at radius 3 is 2.28 bits per heavy atom. The maximum Gasteiger partial charge on any atom is 0.121 e. The van der Waals surface area contributed by atoms with Gasteiger partial charge in [-0.15, -0.1) is 0 Å².